The van der Waals surface area contributed by atoms with Crippen LogP contribution in [0, 0.1) is 5.92 Å². The lowest BCUT2D eigenvalue weighted by atomic mass is 9.72. The second-order valence-electron chi connectivity index (χ2n) is 10.4. The molecule has 4 nitrogen and oxygen atoms in total. The average molecular weight is 412 g/mol. The number of nitrogens with zero attached hydrogens (tertiary/aromatic N) is 1. The van der Waals surface area contributed by atoms with E-state index in [-0.39, 0.29) is 18.3 Å². The number of imidazole rings is 1. The summed E-state index contributed by atoms with van der Waals surface area (Å²) in [5.41, 5.74) is 8.48. The highest BCUT2D eigenvalue weighted by Gasteiger charge is 2.53. The predicted octanol–water partition coefficient (Wildman–Crippen LogP) is 5.09. The predicted molar refractivity (Wildman–Crippen MR) is 124 cm³/mol. The Bertz CT molecular complexity index is 1120. The summed E-state index contributed by atoms with van der Waals surface area (Å²) in [4.78, 5) is 7.33. The van der Waals surface area contributed by atoms with Gasteiger partial charge in [-0.05, 0) is 92.1 Å². The summed E-state index contributed by atoms with van der Waals surface area (Å²) in [6, 6.07) is 13.4. The minimum absolute atomic E-state index is 0.284. The SMILES string of the molecule is CC1(C)OB(c2ccc(-c3ccc(-c4cnc[nH]4)cc3)c3c2CC2CCC32)OC1(C)C. The van der Waals surface area contributed by atoms with Crippen LogP contribution in [0.5, 0.6) is 0 Å². The van der Waals surface area contributed by atoms with Crippen molar-refractivity contribution in [1.29, 1.82) is 0 Å². The van der Waals surface area contributed by atoms with E-state index < -0.39 is 0 Å². The summed E-state index contributed by atoms with van der Waals surface area (Å²) < 4.78 is 12.9. The van der Waals surface area contributed by atoms with Gasteiger partial charge < -0.3 is 14.3 Å². The van der Waals surface area contributed by atoms with Crippen LogP contribution >= 0.6 is 0 Å². The molecule has 0 bridgehead atoms. The van der Waals surface area contributed by atoms with E-state index >= 15 is 0 Å². The Morgan fingerprint density at radius 2 is 1.65 bits per heavy atom. The fourth-order valence-corrected chi connectivity index (χ4v) is 5.47. The van der Waals surface area contributed by atoms with E-state index in [9.17, 15) is 0 Å². The number of hydrogen-bond acceptors (Lipinski definition) is 3. The van der Waals surface area contributed by atoms with Gasteiger partial charge in [0, 0.05) is 0 Å². The Balaban J connectivity index is 1.41. The van der Waals surface area contributed by atoms with Gasteiger partial charge in [0.25, 0.3) is 0 Å². The fourth-order valence-electron chi connectivity index (χ4n) is 5.47. The quantitative estimate of drug-likeness (QED) is 0.610. The standard InChI is InChI=1S/C26H29BN2O2/c1-25(2)26(3,4)31-27(30-25)22-12-11-19(24-20-10-9-18(20)13-21(22)24)16-5-7-17(8-6-16)23-14-28-15-29-23/h5-8,11-12,14-15,18,20H,9-10,13H2,1-4H3,(H,28,29). The lowest BCUT2D eigenvalue weighted by Gasteiger charge is -2.32. The van der Waals surface area contributed by atoms with Crippen LogP contribution in [0.3, 0.4) is 0 Å². The largest absolute Gasteiger partial charge is 0.495 e. The summed E-state index contributed by atoms with van der Waals surface area (Å²) in [5.74, 6) is 1.46. The normalized spacial score (nSPS) is 25.2. The van der Waals surface area contributed by atoms with Crippen molar-refractivity contribution in [3.63, 3.8) is 0 Å². The highest BCUT2D eigenvalue weighted by atomic mass is 16.7. The molecule has 31 heavy (non-hydrogen) atoms. The molecule has 1 aliphatic heterocycles. The van der Waals surface area contributed by atoms with Gasteiger partial charge >= 0.3 is 7.12 Å². The molecule has 2 unspecified atom stereocenters. The van der Waals surface area contributed by atoms with Crippen LogP contribution in [0.1, 0.15) is 57.6 Å². The van der Waals surface area contributed by atoms with E-state index in [2.05, 4.69) is 74.1 Å². The number of fused-ring (bicyclic) bond motifs is 3. The Morgan fingerprint density at radius 3 is 2.26 bits per heavy atom. The first-order chi connectivity index (χ1) is 14.8. The van der Waals surface area contributed by atoms with Crippen LogP contribution in [0.15, 0.2) is 48.9 Å². The molecular weight excluding hydrogens is 383 g/mol. The van der Waals surface area contributed by atoms with Crippen LogP contribution in [0.4, 0.5) is 0 Å². The van der Waals surface area contributed by atoms with Crippen molar-refractivity contribution in [2.75, 3.05) is 0 Å². The summed E-state index contributed by atoms with van der Waals surface area (Å²) in [6.45, 7) is 8.53. The van der Waals surface area contributed by atoms with Crippen LogP contribution in [0.2, 0.25) is 0 Å². The third-order valence-corrected chi connectivity index (χ3v) is 8.16. The molecule has 1 saturated carbocycles. The van der Waals surface area contributed by atoms with Crippen molar-refractivity contribution in [2.24, 2.45) is 5.92 Å². The molecule has 2 heterocycles. The summed E-state index contributed by atoms with van der Waals surface area (Å²) >= 11 is 0. The molecule has 2 fully saturated rings. The van der Waals surface area contributed by atoms with E-state index in [1.54, 1.807) is 6.33 Å². The maximum absolute atomic E-state index is 6.44. The third kappa shape index (κ3) is 2.86. The van der Waals surface area contributed by atoms with Gasteiger partial charge in [-0.15, -0.1) is 0 Å². The fraction of sp³-hybridized carbons (Fsp3) is 0.423. The highest BCUT2D eigenvalue weighted by molar-refractivity contribution is 6.62. The summed E-state index contributed by atoms with van der Waals surface area (Å²) in [5, 5.41) is 0. The first-order valence-corrected chi connectivity index (χ1v) is 11.4. The van der Waals surface area contributed by atoms with Crippen molar-refractivity contribution in [3.05, 3.63) is 60.0 Å². The molecule has 6 rings (SSSR count). The van der Waals surface area contributed by atoms with Gasteiger partial charge in [0.1, 0.15) is 0 Å². The summed E-state index contributed by atoms with van der Waals surface area (Å²) in [7, 11) is -0.284. The zero-order chi connectivity index (χ0) is 21.4. The van der Waals surface area contributed by atoms with Gasteiger partial charge in [-0.1, -0.05) is 36.4 Å². The number of hydrogen-bond donors (Lipinski definition) is 1. The van der Waals surface area contributed by atoms with Gasteiger partial charge in [0.2, 0.25) is 0 Å². The Kier molecular flexibility index (Phi) is 4.10. The first-order valence-electron chi connectivity index (χ1n) is 11.4. The maximum Gasteiger partial charge on any atom is 0.495 e. The molecule has 0 amide bonds. The van der Waals surface area contributed by atoms with E-state index in [1.807, 2.05) is 6.20 Å². The van der Waals surface area contributed by atoms with E-state index in [0.717, 1.165) is 23.6 Å². The Morgan fingerprint density at radius 1 is 0.935 bits per heavy atom. The van der Waals surface area contributed by atoms with Crippen molar-refractivity contribution in [1.82, 2.24) is 9.97 Å². The third-order valence-electron chi connectivity index (χ3n) is 8.16. The lowest BCUT2D eigenvalue weighted by Crippen LogP contribution is -2.41. The number of benzene rings is 2. The molecule has 5 heteroatoms. The minimum Gasteiger partial charge on any atom is -0.399 e. The van der Waals surface area contributed by atoms with Crippen LogP contribution in [0.25, 0.3) is 22.4 Å². The Labute approximate surface area is 184 Å². The molecule has 1 aromatic heterocycles. The van der Waals surface area contributed by atoms with Crippen molar-refractivity contribution in [2.45, 2.75) is 64.1 Å². The van der Waals surface area contributed by atoms with E-state index in [0.29, 0.717) is 5.92 Å². The zero-order valence-corrected chi connectivity index (χ0v) is 18.7. The van der Waals surface area contributed by atoms with Crippen molar-refractivity contribution in [3.8, 4) is 22.4 Å². The van der Waals surface area contributed by atoms with Gasteiger partial charge in [-0.3, -0.25) is 0 Å². The molecule has 3 aliphatic rings. The van der Waals surface area contributed by atoms with Crippen LogP contribution in [-0.4, -0.2) is 28.3 Å². The maximum atomic E-state index is 6.44. The molecule has 0 radical (unpaired) electrons. The highest BCUT2D eigenvalue weighted by Crippen LogP contribution is 2.54. The van der Waals surface area contributed by atoms with Crippen molar-refractivity contribution >= 4 is 12.6 Å². The van der Waals surface area contributed by atoms with E-state index in [4.69, 9.17) is 9.31 Å². The van der Waals surface area contributed by atoms with Gasteiger partial charge in [-0.2, -0.15) is 0 Å². The molecule has 158 valence electrons. The number of nitrogens with one attached hydrogen (secondary N) is 1. The molecule has 0 spiro atoms. The molecule has 3 aromatic rings. The van der Waals surface area contributed by atoms with Crippen molar-refractivity contribution < 1.29 is 9.31 Å². The summed E-state index contributed by atoms with van der Waals surface area (Å²) in [6.07, 6.45) is 7.37. The molecule has 2 atom stereocenters. The molecule has 2 aromatic carbocycles. The smallest absolute Gasteiger partial charge is 0.399 e. The van der Waals surface area contributed by atoms with Gasteiger partial charge in [0.05, 0.1) is 29.4 Å². The molecule has 1 saturated heterocycles. The second-order valence-corrected chi connectivity index (χ2v) is 10.4. The van der Waals surface area contributed by atoms with Crippen LogP contribution < -0.4 is 5.46 Å². The Hall–Kier alpha value is -2.37. The topological polar surface area (TPSA) is 47.1 Å². The molecule has 2 aliphatic carbocycles. The van der Waals surface area contributed by atoms with Gasteiger partial charge in [-0.25, -0.2) is 4.98 Å². The average Bonchev–Trinajstić information content (AvgIpc) is 3.38. The second kappa shape index (κ2) is 6.57. The monoisotopic (exact) mass is 412 g/mol. The number of aromatic amines is 1. The zero-order valence-electron chi connectivity index (χ0n) is 18.7. The molecular formula is C26H29BN2O2. The lowest BCUT2D eigenvalue weighted by molar-refractivity contribution is 0.00578. The number of H-pyrrole nitrogens is 1. The van der Waals surface area contributed by atoms with E-state index in [1.165, 1.54) is 40.6 Å². The molecule has 1 N–H and O–H groups in total. The first kappa shape index (κ1) is 19.3. The van der Waals surface area contributed by atoms with Crippen LogP contribution in [-0.2, 0) is 15.7 Å². The van der Waals surface area contributed by atoms with Gasteiger partial charge in [0.15, 0.2) is 0 Å². The number of rotatable bonds is 3. The minimum atomic E-state index is -0.316. The number of aromatic nitrogens is 2.